The third-order valence-corrected chi connectivity index (χ3v) is 2.02. The molecule has 0 radical (unpaired) electrons. The van der Waals surface area contributed by atoms with E-state index in [-0.39, 0.29) is 0 Å². The first-order valence-corrected chi connectivity index (χ1v) is 4.30. The molecule has 11 heavy (non-hydrogen) atoms. The van der Waals surface area contributed by atoms with E-state index in [0.717, 1.165) is 0 Å². The molecule has 1 aromatic rings. The van der Waals surface area contributed by atoms with Gasteiger partial charge in [-0.2, -0.15) is 0 Å². The molecule has 0 bridgehead atoms. The Kier molecular flexibility index (Phi) is 2.70. The van der Waals surface area contributed by atoms with Gasteiger partial charge < -0.3 is 0 Å². The maximum absolute atomic E-state index is 2.25. The Hall–Kier alpha value is -0.780. The Labute approximate surface area is 69.3 Å². The van der Waals surface area contributed by atoms with Gasteiger partial charge in [-0.1, -0.05) is 37.1 Å². The summed E-state index contributed by atoms with van der Waals surface area (Å²) in [6, 6.07) is 6.69. The van der Waals surface area contributed by atoms with Crippen LogP contribution in [0.2, 0.25) is 0 Å². The summed E-state index contributed by atoms with van der Waals surface area (Å²) >= 11 is 0. The van der Waals surface area contributed by atoms with Crippen LogP contribution in [0.5, 0.6) is 0 Å². The van der Waals surface area contributed by atoms with Crippen molar-refractivity contribution in [3.63, 3.8) is 0 Å². The second-order valence-electron chi connectivity index (χ2n) is 3.18. The molecule has 1 rings (SSSR count). The zero-order chi connectivity index (χ0) is 8.27. The number of aryl methyl sites for hydroxylation is 3. The van der Waals surface area contributed by atoms with E-state index < -0.39 is 0 Å². The zero-order valence-electron chi connectivity index (χ0n) is 7.65. The summed E-state index contributed by atoms with van der Waals surface area (Å²) in [6.07, 6.45) is 2.45. The van der Waals surface area contributed by atoms with Crippen LogP contribution in [-0.4, -0.2) is 0 Å². The Bertz CT molecular complexity index is 236. The van der Waals surface area contributed by atoms with E-state index in [1.807, 2.05) is 0 Å². The third-order valence-electron chi connectivity index (χ3n) is 2.02. The van der Waals surface area contributed by atoms with E-state index in [4.69, 9.17) is 0 Å². The van der Waals surface area contributed by atoms with Gasteiger partial charge in [0, 0.05) is 0 Å². The van der Waals surface area contributed by atoms with Crippen LogP contribution in [0.25, 0.3) is 0 Å². The fourth-order valence-corrected chi connectivity index (χ4v) is 1.40. The summed E-state index contributed by atoms with van der Waals surface area (Å²) < 4.78 is 0. The van der Waals surface area contributed by atoms with E-state index >= 15 is 0 Å². The van der Waals surface area contributed by atoms with Gasteiger partial charge in [0.1, 0.15) is 0 Å². The van der Waals surface area contributed by atoms with Crippen molar-refractivity contribution in [3.8, 4) is 0 Å². The van der Waals surface area contributed by atoms with Gasteiger partial charge in [0.2, 0.25) is 0 Å². The lowest BCUT2D eigenvalue weighted by molar-refractivity contribution is 0.912. The minimum atomic E-state index is 1.21. The molecule has 0 saturated carbocycles. The maximum Gasteiger partial charge on any atom is -0.0279 e. The van der Waals surface area contributed by atoms with Gasteiger partial charge in [-0.15, -0.1) is 0 Å². The Morgan fingerprint density at radius 2 is 1.91 bits per heavy atom. The van der Waals surface area contributed by atoms with Gasteiger partial charge in [-0.05, 0) is 31.4 Å². The molecule has 0 atom stereocenters. The van der Waals surface area contributed by atoms with Crippen LogP contribution in [0, 0.1) is 13.8 Å². The van der Waals surface area contributed by atoms with Crippen molar-refractivity contribution >= 4 is 0 Å². The zero-order valence-corrected chi connectivity index (χ0v) is 7.65. The molecule has 0 unspecified atom stereocenters. The topological polar surface area (TPSA) is 0 Å². The fourth-order valence-electron chi connectivity index (χ4n) is 1.40. The van der Waals surface area contributed by atoms with Crippen molar-refractivity contribution in [1.82, 2.24) is 0 Å². The average molecular weight is 148 g/mol. The highest BCUT2D eigenvalue weighted by Crippen LogP contribution is 2.11. The third kappa shape index (κ3) is 2.07. The molecule has 60 valence electrons. The summed E-state index contributed by atoms with van der Waals surface area (Å²) in [5.74, 6) is 0. The van der Waals surface area contributed by atoms with Gasteiger partial charge in [0.25, 0.3) is 0 Å². The van der Waals surface area contributed by atoms with E-state index in [1.54, 1.807) is 0 Å². The molecule has 0 heterocycles. The van der Waals surface area contributed by atoms with E-state index in [9.17, 15) is 0 Å². The maximum atomic E-state index is 2.25. The van der Waals surface area contributed by atoms with Crippen molar-refractivity contribution in [2.75, 3.05) is 0 Å². The molecule has 0 fully saturated rings. The van der Waals surface area contributed by atoms with Crippen LogP contribution in [0.4, 0.5) is 0 Å². The molecule has 0 aliphatic carbocycles. The highest BCUT2D eigenvalue weighted by Gasteiger charge is 1.95. The minimum absolute atomic E-state index is 1.21. The van der Waals surface area contributed by atoms with Gasteiger partial charge in [-0.25, -0.2) is 0 Å². The molecule has 0 aromatic heterocycles. The average Bonchev–Trinajstić information content (AvgIpc) is 1.95. The van der Waals surface area contributed by atoms with Crippen molar-refractivity contribution < 1.29 is 0 Å². The standard InChI is InChI=1S/C11H16/c1-4-5-11-7-6-9(2)8-10(11)3/h6-8H,4-5H2,1-3H3. The SMILES string of the molecule is CCCc1ccc(C)cc1C. The summed E-state index contributed by atoms with van der Waals surface area (Å²) in [7, 11) is 0. The lowest BCUT2D eigenvalue weighted by Crippen LogP contribution is -1.88. The van der Waals surface area contributed by atoms with Crippen molar-refractivity contribution in [2.45, 2.75) is 33.6 Å². The number of rotatable bonds is 2. The predicted molar refractivity (Wildman–Crippen MR) is 49.9 cm³/mol. The molecule has 1 aromatic carbocycles. The molecular weight excluding hydrogens is 132 g/mol. The predicted octanol–water partition coefficient (Wildman–Crippen LogP) is 3.26. The van der Waals surface area contributed by atoms with Crippen LogP contribution in [0.3, 0.4) is 0 Å². The molecule has 0 N–H and O–H groups in total. The number of hydrogen-bond donors (Lipinski definition) is 0. The highest BCUT2D eigenvalue weighted by molar-refractivity contribution is 5.30. The molecule has 0 nitrogen and oxygen atoms in total. The first-order valence-electron chi connectivity index (χ1n) is 4.30. The summed E-state index contributed by atoms with van der Waals surface area (Å²) in [4.78, 5) is 0. The largest absolute Gasteiger partial charge is 0.0651 e. The Morgan fingerprint density at radius 3 is 2.45 bits per heavy atom. The van der Waals surface area contributed by atoms with Crippen LogP contribution >= 0.6 is 0 Å². The molecule has 0 heteroatoms. The first kappa shape index (κ1) is 8.32. The molecule has 0 aliphatic heterocycles. The first-order chi connectivity index (χ1) is 5.24. The number of benzene rings is 1. The Balaban J connectivity index is 2.90. The summed E-state index contributed by atoms with van der Waals surface area (Å²) in [5.41, 5.74) is 4.30. The molecule has 0 aliphatic rings. The van der Waals surface area contributed by atoms with Crippen LogP contribution < -0.4 is 0 Å². The second-order valence-corrected chi connectivity index (χ2v) is 3.18. The van der Waals surface area contributed by atoms with Gasteiger partial charge in [-0.3, -0.25) is 0 Å². The number of hydrogen-bond acceptors (Lipinski definition) is 0. The smallest absolute Gasteiger partial charge is 0.0279 e. The van der Waals surface area contributed by atoms with Crippen LogP contribution in [0.1, 0.15) is 30.0 Å². The minimum Gasteiger partial charge on any atom is -0.0651 e. The van der Waals surface area contributed by atoms with E-state index in [0.29, 0.717) is 0 Å². The van der Waals surface area contributed by atoms with Gasteiger partial charge in [0.15, 0.2) is 0 Å². The van der Waals surface area contributed by atoms with E-state index in [1.165, 1.54) is 29.5 Å². The lowest BCUT2D eigenvalue weighted by atomic mass is 10.0. The second kappa shape index (κ2) is 3.56. The summed E-state index contributed by atoms with van der Waals surface area (Å²) in [5, 5.41) is 0. The van der Waals surface area contributed by atoms with E-state index in [2.05, 4.69) is 39.0 Å². The van der Waals surface area contributed by atoms with Crippen molar-refractivity contribution in [3.05, 3.63) is 34.9 Å². The monoisotopic (exact) mass is 148 g/mol. The van der Waals surface area contributed by atoms with Gasteiger partial charge in [0.05, 0.1) is 0 Å². The molecular formula is C11H16. The summed E-state index contributed by atoms with van der Waals surface area (Å²) in [6.45, 7) is 6.56. The van der Waals surface area contributed by atoms with Crippen LogP contribution in [-0.2, 0) is 6.42 Å². The van der Waals surface area contributed by atoms with Crippen LogP contribution in [0.15, 0.2) is 18.2 Å². The quantitative estimate of drug-likeness (QED) is 0.604. The molecule has 0 spiro atoms. The lowest BCUT2D eigenvalue weighted by Gasteiger charge is -2.04. The Morgan fingerprint density at radius 1 is 1.18 bits per heavy atom. The molecule has 0 amide bonds. The fraction of sp³-hybridized carbons (Fsp3) is 0.455. The van der Waals surface area contributed by atoms with Gasteiger partial charge >= 0.3 is 0 Å². The normalized spacial score (nSPS) is 10.1. The molecule has 0 saturated heterocycles. The van der Waals surface area contributed by atoms with Crippen molar-refractivity contribution in [1.29, 1.82) is 0 Å². The highest BCUT2D eigenvalue weighted by atomic mass is 14.0. The van der Waals surface area contributed by atoms with Crippen molar-refractivity contribution in [2.24, 2.45) is 0 Å².